The van der Waals surface area contributed by atoms with Gasteiger partial charge in [0.25, 0.3) is 0 Å². The summed E-state index contributed by atoms with van der Waals surface area (Å²) in [7, 11) is 0. The zero-order valence-electron chi connectivity index (χ0n) is 15.8. The van der Waals surface area contributed by atoms with Crippen LogP contribution in [0.5, 0.6) is 0 Å². The summed E-state index contributed by atoms with van der Waals surface area (Å²) in [5, 5.41) is 9.74. The zero-order chi connectivity index (χ0) is 18.3. The number of aromatic nitrogens is 1. The van der Waals surface area contributed by atoms with Gasteiger partial charge in [0.1, 0.15) is 5.82 Å². The summed E-state index contributed by atoms with van der Waals surface area (Å²) in [5.74, 6) is 0.568. The Morgan fingerprint density at radius 2 is 2.00 bits per heavy atom. The van der Waals surface area contributed by atoms with E-state index in [1.165, 1.54) is 6.07 Å². The fraction of sp³-hybridized carbons (Fsp3) is 0.474. The Labute approximate surface area is 176 Å². The van der Waals surface area contributed by atoms with Crippen LogP contribution in [0.15, 0.2) is 34.6 Å². The normalized spacial score (nSPS) is 11.8. The average molecular weight is 490 g/mol. The van der Waals surface area contributed by atoms with Gasteiger partial charge in [-0.3, -0.25) is 4.99 Å². The van der Waals surface area contributed by atoms with Gasteiger partial charge in [-0.2, -0.15) is 0 Å². The number of hydrogen-bond donors (Lipinski definition) is 2. The van der Waals surface area contributed by atoms with Gasteiger partial charge in [0.2, 0.25) is 0 Å². The third-order valence-electron chi connectivity index (χ3n) is 3.92. The van der Waals surface area contributed by atoms with E-state index < -0.39 is 0 Å². The van der Waals surface area contributed by atoms with Crippen molar-refractivity contribution in [1.82, 2.24) is 15.6 Å². The van der Waals surface area contributed by atoms with Crippen molar-refractivity contribution >= 4 is 41.3 Å². The number of benzene rings is 1. The van der Waals surface area contributed by atoms with Gasteiger partial charge < -0.3 is 10.6 Å². The summed E-state index contributed by atoms with van der Waals surface area (Å²) in [6.07, 6.45) is 0.853. The van der Waals surface area contributed by atoms with Crippen molar-refractivity contribution < 1.29 is 4.39 Å². The highest BCUT2D eigenvalue weighted by Crippen LogP contribution is 2.25. The number of halogens is 2. The summed E-state index contributed by atoms with van der Waals surface area (Å²) < 4.78 is 14.1. The van der Waals surface area contributed by atoms with E-state index in [-0.39, 0.29) is 35.2 Å². The first-order valence-electron chi connectivity index (χ1n) is 8.60. The van der Waals surface area contributed by atoms with E-state index in [1.807, 2.05) is 39.8 Å². The molecule has 1 aromatic heterocycles. The summed E-state index contributed by atoms with van der Waals surface area (Å²) >= 11 is 1.67. The van der Waals surface area contributed by atoms with E-state index >= 15 is 0 Å². The Balaban J connectivity index is 0.00000338. The largest absolute Gasteiger partial charge is 0.357 e. The summed E-state index contributed by atoms with van der Waals surface area (Å²) in [5.41, 5.74) is 1.41. The molecule has 2 rings (SSSR count). The number of thiazole rings is 1. The monoisotopic (exact) mass is 490 g/mol. The molecular weight excluding hydrogens is 462 g/mol. The molecule has 144 valence electrons. The van der Waals surface area contributed by atoms with E-state index in [2.05, 4.69) is 26.0 Å². The zero-order valence-corrected chi connectivity index (χ0v) is 19.0. The maximum atomic E-state index is 14.1. The lowest BCUT2D eigenvalue weighted by Crippen LogP contribution is -2.39. The van der Waals surface area contributed by atoms with Crippen LogP contribution in [0.25, 0.3) is 0 Å². The highest BCUT2D eigenvalue weighted by molar-refractivity contribution is 14.0. The van der Waals surface area contributed by atoms with Crippen LogP contribution < -0.4 is 10.6 Å². The maximum absolute atomic E-state index is 14.1. The first kappa shape index (κ1) is 22.8. The molecule has 2 aromatic rings. The Bertz CT molecular complexity index is 715. The average Bonchev–Trinajstić information content (AvgIpc) is 2.98. The topological polar surface area (TPSA) is 49.3 Å². The number of hydrogen-bond acceptors (Lipinski definition) is 3. The molecule has 0 spiro atoms. The molecule has 0 saturated carbocycles. The summed E-state index contributed by atoms with van der Waals surface area (Å²) in [6, 6.07) is 6.91. The van der Waals surface area contributed by atoms with Crippen molar-refractivity contribution in [2.45, 2.75) is 39.5 Å². The number of aliphatic imine (C=N–C) groups is 1. The SMILES string of the molecule is CCNC(=NCC(C)(C)c1ccccc1F)NCCc1csc(C)n1.I. The Morgan fingerprint density at radius 1 is 1.27 bits per heavy atom. The van der Waals surface area contributed by atoms with Gasteiger partial charge in [-0.05, 0) is 25.5 Å². The molecule has 4 nitrogen and oxygen atoms in total. The Hall–Kier alpha value is -1.22. The number of rotatable bonds is 7. The second-order valence-electron chi connectivity index (χ2n) is 6.59. The molecule has 0 fully saturated rings. The molecule has 0 bridgehead atoms. The van der Waals surface area contributed by atoms with E-state index in [1.54, 1.807) is 17.4 Å². The van der Waals surface area contributed by atoms with Crippen LogP contribution in [0, 0.1) is 12.7 Å². The molecule has 7 heteroatoms. The minimum atomic E-state index is -0.375. The third kappa shape index (κ3) is 6.83. The first-order valence-corrected chi connectivity index (χ1v) is 9.48. The highest BCUT2D eigenvalue weighted by Gasteiger charge is 2.23. The van der Waals surface area contributed by atoms with Gasteiger partial charge in [0, 0.05) is 30.3 Å². The highest BCUT2D eigenvalue weighted by atomic mass is 127. The van der Waals surface area contributed by atoms with E-state index in [0.717, 1.165) is 36.2 Å². The molecule has 2 N–H and O–H groups in total. The predicted octanol–water partition coefficient (Wildman–Crippen LogP) is 4.28. The summed E-state index contributed by atoms with van der Waals surface area (Å²) in [4.78, 5) is 9.11. The molecule has 1 aromatic carbocycles. The molecule has 0 saturated heterocycles. The van der Waals surface area contributed by atoms with Crippen LogP contribution in [-0.4, -0.2) is 30.6 Å². The number of nitrogens with zero attached hydrogens (tertiary/aromatic N) is 2. The fourth-order valence-electron chi connectivity index (χ4n) is 2.55. The van der Waals surface area contributed by atoms with E-state index in [9.17, 15) is 4.39 Å². The smallest absolute Gasteiger partial charge is 0.191 e. The first-order chi connectivity index (χ1) is 11.9. The van der Waals surface area contributed by atoms with Crippen LogP contribution in [0.4, 0.5) is 4.39 Å². The quantitative estimate of drug-likeness (QED) is 0.346. The molecule has 0 aliphatic heterocycles. The molecule has 26 heavy (non-hydrogen) atoms. The van der Waals surface area contributed by atoms with Gasteiger partial charge >= 0.3 is 0 Å². The van der Waals surface area contributed by atoms with Gasteiger partial charge in [-0.1, -0.05) is 32.0 Å². The summed E-state index contributed by atoms with van der Waals surface area (Å²) in [6.45, 7) is 10.1. The van der Waals surface area contributed by atoms with Crippen molar-refractivity contribution in [3.05, 3.63) is 51.7 Å². The van der Waals surface area contributed by atoms with Crippen molar-refractivity contribution in [3.63, 3.8) is 0 Å². The lowest BCUT2D eigenvalue weighted by molar-refractivity contribution is 0.492. The van der Waals surface area contributed by atoms with Crippen molar-refractivity contribution in [2.75, 3.05) is 19.6 Å². The molecule has 0 amide bonds. The number of nitrogens with one attached hydrogen (secondary N) is 2. The lowest BCUT2D eigenvalue weighted by Gasteiger charge is -2.24. The standard InChI is InChI=1S/C19H27FN4S.HI/c1-5-21-18(22-11-10-15-12-25-14(2)24-15)23-13-19(3,4)16-8-6-7-9-17(16)20;/h6-9,12H,5,10-11,13H2,1-4H3,(H2,21,22,23);1H. The van der Waals surface area contributed by atoms with E-state index in [4.69, 9.17) is 0 Å². The minimum Gasteiger partial charge on any atom is -0.357 e. The van der Waals surface area contributed by atoms with E-state index in [0.29, 0.717) is 12.1 Å². The van der Waals surface area contributed by atoms with Gasteiger partial charge in [0.05, 0.1) is 17.2 Å². The van der Waals surface area contributed by atoms with Crippen molar-refractivity contribution in [3.8, 4) is 0 Å². The Morgan fingerprint density at radius 3 is 2.62 bits per heavy atom. The Kier molecular flexibility index (Phi) is 9.49. The molecule has 0 atom stereocenters. The molecule has 1 heterocycles. The molecular formula is C19H28FIN4S. The molecule has 0 radical (unpaired) electrons. The minimum absolute atomic E-state index is 0. The second-order valence-corrected chi connectivity index (χ2v) is 7.66. The van der Waals surface area contributed by atoms with Crippen molar-refractivity contribution in [2.24, 2.45) is 4.99 Å². The lowest BCUT2D eigenvalue weighted by atomic mass is 9.84. The molecule has 0 unspecified atom stereocenters. The van der Waals surface area contributed by atoms with Gasteiger partial charge in [0.15, 0.2) is 5.96 Å². The second kappa shape index (κ2) is 10.8. The van der Waals surface area contributed by atoms with Gasteiger partial charge in [-0.15, -0.1) is 35.3 Å². The maximum Gasteiger partial charge on any atom is 0.191 e. The van der Waals surface area contributed by atoms with Gasteiger partial charge in [-0.25, -0.2) is 9.37 Å². The predicted molar refractivity (Wildman–Crippen MR) is 119 cm³/mol. The molecule has 0 aliphatic rings. The third-order valence-corrected chi connectivity index (χ3v) is 4.74. The number of guanidine groups is 1. The van der Waals surface area contributed by atoms with Crippen LogP contribution >= 0.6 is 35.3 Å². The van der Waals surface area contributed by atoms with Crippen LogP contribution in [-0.2, 0) is 11.8 Å². The number of aryl methyl sites for hydroxylation is 1. The fourth-order valence-corrected chi connectivity index (χ4v) is 3.19. The van der Waals surface area contributed by atoms with Crippen molar-refractivity contribution in [1.29, 1.82) is 0 Å². The van der Waals surface area contributed by atoms with Crippen LogP contribution in [0.2, 0.25) is 0 Å². The van der Waals surface area contributed by atoms with Crippen LogP contribution in [0.1, 0.15) is 37.0 Å². The van der Waals surface area contributed by atoms with Crippen LogP contribution in [0.3, 0.4) is 0 Å². The molecule has 0 aliphatic carbocycles.